The minimum atomic E-state index is -0.0239. The van der Waals surface area contributed by atoms with Crippen molar-refractivity contribution in [2.75, 3.05) is 20.2 Å². The van der Waals surface area contributed by atoms with Gasteiger partial charge in [-0.2, -0.15) is 5.10 Å². The highest BCUT2D eigenvalue weighted by Crippen LogP contribution is 2.27. The molecule has 3 rings (SSSR count). The van der Waals surface area contributed by atoms with Gasteiger partial charge in [-0.25, -0.2) is 4.98 Å². The topological polar surface area (TPSA) is 71.1 Å². The number of carbonyl (C=O) groups excluding carboxylic acids is 1. The fourth-order valence-corrected chi connectivity index (χ4v) is 2.80. The van der Waals surface area contributed by atoms with E-state index in [0.29, 0.717) is 23.9 Å². The minimum Gasteiger partial charge on any atom is -0.480 e. The number of ether oxygens (including phenoxy) is 1. The lowest BCUT2D eigenvalue weighted by Gasteiger charge is -2.32. The Balaban J connectivity index is 1.78. The molecule has 0 radical (unpaired) electrons. The molecule has 2 aromatic heterocycles. The van der Waals surface area contributed by atoms with E-state index < -0.39 is 0 Å². The molecule has 2 aromatic rings. The molecule has 0 saturated carbocycles. The molecular weight excluding hydrogens is 268 g/mol. The lowest BCUT2D eigenvalue weighted by Crippen LogP contribution is -2.39. The summed E-state index contributed by atoms with van der Waals surface area (Å²) in [5.74, 6) is 0.670. The van der Waals surface area contributed by atoms with Crippen LogP contribution in [0.4, 0.5) is 0 Å². The van der Waals surface area contributed by atoms with Crippen molar-refractivity contribution in [2.45, 2.75) is 18.8 Å². The van der Waals surface area contributed by atoms with Crippen LogP contribution in [0.5, 0.6) is 5.88 Å². The van der Waals surface area contributed by atoms with Gasteiger partial charge in [-0.1, -0.05) is 0 Å². The highest BCUT2D eigenvalue weighted by molar-refractivity contribution is 5.96. The first-order chi connectivity index (χ1) is 10.3. The second-order valence-corrected chi connectivity index (χ2v) is 5.16. The van der Waals surface area contributed by atoms with E-state index in [2.05, 4.69) is 15.2 Å². The third-order valence-corrected chi connectivity index (χ3v) is 3.87. The second-order valence-electron chi connectivity index (χ2n) is 5.16. The number of hydrogen-bond donors (Lipinski definition) is 1. The van der Waals surface area contributed by atoms with Gasteiger partial charge < -0.3 is 9.64 Å². The van der Waals surface area contributed by atoms with Crippen LogP contribution in [0.25, 0.3) is 0 Å². The van der Waals surface area contributed by atoms with Crippen LogP contribution >= 0.6 is 0 Å². The first-order valence-corrected chi connectivity index (χ1v) is 7.07. The van der Waals surface area contributed by atoms with Crippen molar-refractivity contribution in [2.24, 2.45) is 0 Å². The first kappa shape index (κ1) is 13.6. The van der Waals surface area contributed by atoms with E-state index in [0.717, 1.165) is 25.1 Å². The number of aromatic amines is 1. The van der Waals surface area contributed by atoms with Crippen LogP contribution in [0.15, 0.2) is 30.6 Å². The summed E-state index contributed by atoms with van der Waals surface area (Å²) < 4.78 is 5.18. The molecule has 0 spiro atoms. The van der Waals surface area contributed by atoms with E-state index in [9.17, 15) is 4.79 Å². The maximum Gasteiger partial charge on any atom is 0.259 e. The Labute approximate surface area is 123 Å². The van der Waals surface area contributed by atoms with Crippen LogP contribution in [0, 0.1) is 0 Å². The molecule has 1 fully saturated rings. The summed E-state index contributed by atoms with van der Waals surface area (Å²) in [5.41, 5.74) is 1.61. The highest BCUT2D eigenvalue weighted by Gasteiger charge is 2.27. The molecule has 1 aliphatic heterocycles. The monoisotopic (exact) mass is 286 g/mol. The number of amides is 1. The van der Waals surface area contributed by atoms with Gasteiger partial charge in [0.1, 0.15) is 5.56 Å². The Morgan fingerprint density at radius 3 is 3.10 bits per heavy atom. The highest BCUT2D eigenvalue weighted by atomic mass is 16.5. The summed E-state index contributed by atoms with van der Waals surface area (Å²) in [5, 5.41) is 7.00. The molecule has 110 valence electrons. The predicted octanol–water partition coefficient (Wildman–Crippen LogP) is 1.83. The zero-order valence-corrected chi connectivity index (χ0v) is 12.0. The Hall–Kier alpha value is -2.37. The van der Waals surface area contributed by atoms with Crippen molar-refractivity contribution >= 4 is 5.91 Å². The summed E-state index contributed by atoms with van der Waals surface area (Å²) in [6, 6.07) is 5.49. The van der Waals surface area contributed by atoms with Crippen molar-refractivity contribution < 1.29 is 9.53 Å². The van der Waals surface area contributed by atoms with E-state index in [1.165, 1.54) is 7.11 Å². The minimum absolute atomic E-state index is 0.0239. The molecule has 0 unspecified atom stereocenters. The lowest BCUT2D eigenvalue weighted by molar-refractivity contribution is 0.0701. The number of rotatable bonds is 3. The first-order valence-electron chi connectivity index (χ1n) is 7.07. The van der Waals surface area contributed by atoms with E-state index >= 15 is 0 Å². The van der Waals surface area contributed by atoms with Crippen LogP contribution in [0.1, 0.15) is 34.8 Å². The molecule has 3 heterocycles. The number of hydrogen-bond acceptors (Lipinski definition) is 4. The Bertz CT molecular complexity index is 612. The number of piperidine rings is 1. The molecule has 21 heavy (non-hydrogen) atoms. The summed E-state index contributed by atoms with van der Waals surface area (Å²) in [7, 11) is 1.53. The fourth-order valence-electron chi connectivity index (χ4n) is 2.80. The summed E-state index contributed by atoms with van der Waals surface area (Å²) >= 11 is 0. The van der Waals surface area contributed by atoms with E-state index in [4.69, 9.17) is 4.74 Å². The van der Waals surface area contributed by atoms with Gasteiger partial charge in [0.05, 0.1) is 7.11 Å². The molecule has 6 nitrogen and oxygen atoms in total. The van der Waals surface area contributed by atoms with Crippen LogP contribution in [0.2, 0.25) is 0 Å². The maximum atomic E-state index is 12.7. The van der Waals surface area contributed by atoms with Crippen LogP contribution in [-0.2, 0) is 0 Å². The molecule has 6 heteroatoms. The smallest absolute Gasteiger partial charge is 0.259 e. The van der Waals surface area contributed by atoms with Crippen LogP contribution < -0.4 is 4.74 Å². The number of nitrogens with one attached hydrogen (secondary N) is 1. The quantitative estimate of drug-likeness (QED) is 0.934. The predicted molar refractivity (Wildman–Crippen MR) is 77.3 cm³/mol. The van der Waals surface area contributed by atoms with Crippen LogP contribution in [-0.4, -0.2) is 46.2 Å². The average Bonchev–Trinajstić information content (AvgIpc) is 3.09. The molecule has 0 bridgehead atoms. The second kappa shape index (κ2) is 5.95. The molecule has 1 aliphatic rings. The largest absolute Gasteiger partial charge is 0.480 e. The van der Waals surface area contributed by atoms with E-state index in [1.54, 1.807) is 24.5 Å². The number of aromatic nitrogens is 3. The van der Waals surface area contributed by atoms with Crippen LogP contribution in [0.3, 0.4) is 0 Å². The third kappa shape index (κ3) is 2.74. The van der Waals surface area contributed by atoms with Crippen molar-refractivity contribution in [1.82, 2.24) is 20.1 Å². The van der Waals surface area contributed by atoms with Crippen molar-refractivity contribution in [1.29, 1.82) is 0 Å². The van der Waals surface area contributed by atoms with Crippen molar-refractivity contribution in [3.05, 3.63) is 41.9 Å². The molecule has 0 aliphatic carbocycles. The number of H-pyrrole nitrogens is 1. The van der Waals surface area contributed by atoms with Gasteiger partial charge in [0.15, 0.2) is 0 Å². The normalized spacial score (nSPS) is 18.5. The van der Waals surface area contributed by atoms with Gasteiger partial charge >= 0.3 is 0 Å². The molecule has 1 saturated heterocycles. The zero-order valence-electron chi connectivity index (χ0n) is 12.0. The average molecular weight is 286 g/mol. The number of pyridine rings is 1. The van der Waals surface area contributed by atoms with Gasteiger partial charge in [0.25, 0.3) is 5.91 Å². The van der Waals surface area contributed by atoms with Gasteiger partial charge in [-0.05, 0) is 31.0 Å². The standard InChI is InChI=1S/C15H18N4O2/c1-21-14-12(5-2-7-16-14)15(20)19-9-3-4-11(10-19)13-6-8-17-18-13/h2,5-8,11H,3-4,9-10H2,1H3,(H,17,18)/t11-/m1/s1. The summed E-state index contributed by atoms with van der Waals surface area (Å²) in [6.45, 7) is 1.46. The third-order valence-electron chi connectivity index (χ3n) is 3.87. The molecule has 1 atom stereocenters. The fraction of sp³-hybridized carbons (Fsp3) is 0.400. The zero-order chi connectivity index (χ0) is 14.7. The SMILES string of the molecule is COc1ncccc1C(=O)N1CCC[C@@H](c2ccn[nH]2)C1. The van der Waals surface area contributed by atoms with Gasteiger partial charge in [-0.15, -0.1) is 0 Å². The van der Waals surface area contributed by atoms with Gasteiger partial charge in [0.2, 0.25) is 5.88 Å². The molecule has 0 aromatic carbocycles. The Morgan fingerprint density at radius 2 is 2.33 bits per heavy atom. The van der Waals surface area contributed by atoms with Gasteiger partial charge in [-0.3, -0.25) is 9.89 Å². The lowest BCUT2D eigenvalue weighted by atomic mass is 9.94. The van der Waals surface area contributed by atoms with Crippen molar-refractivity contribution in [3.8, 4) is 5.88 Å². The van der Waals surface area contributed by atoms with E-state index in [1.807, 2.05) is 11.0 Å². The Morgan fingerprint density at radius 1 is 1.43 bits per heavy atom. The summed E-state index contributed by atoms with van der Waals surface area (Å²) in [6.07, 6.45) is 5.42. The number of likely N-dealkylation sites (tertiary alicyclic amines) is 1. The summed E-state index contributed by atoms with van der Waals surface area (Å²) in [4.78, 5) is 18.6. The number of carbonyl (C=O) groups is 1. The maximum absolute atomic E-state index is 12.7. The number of methoxy groups -OCH3 is 1. The Kier molecular flexibility index (Phi) is 3.85. The molecule has 1 N–H and O–H groups in total. The van der Waals surface area contributed by atoms with Gasteiger partial charge in [0, 0.05) is 37.1 Å². The molecular formula is C15H18N4O2. The number of nitrogens with zero attached hydrogens (tertiary/aromatic N) is 3. The molecule has 1 amide bonds. The van der Waals surface area contributed by atoms with Crippen molar-refractivity contribution in [3.63, 3.8) is 0 Å². The van der Waals surface area contributed by atoms with E-state index in [-0.39, 0.29) is 5.91 Å².